The number of carbonyl (C=O) groups excluding carboxylic acids is 2. The molecule has 1 unspecified atom stereocenters. The number of nitrogens with zero attached hydrogens (tertiary/aromatic N) is 2. The number of nitro groups is 1. The van der Waals surface area contributed by atoms with Crippen LogP contribution < -0.4 is 5.32 Å². The number of carbonyl (C=O) groups is 2. The highest BCUT2D eigenvalue weighted by Crippen LogP contribution is 2.29. The summed E-state index contributed by atoms with van der Waals surface area (Å²) in [6.07, 6.45) is 0. The monoisotopic (exact) mass is 249 g/mol. The van der Waals surface area contributed by atoms with Gasteiger partial charge < -0.3 is 5.32 Å². The number of benzene rings is 1. The number of hydrogen-bond acceptors (Lipinski definition) is 4. The van der Waals surface area contributed by atoms with Gasteiger partial charge in [-0.15, -0.1) is 0 Å². The minimum atomic E-state index is -1.17. The maximum Gasteiger partial charge on any atom is 0.325 e. The van der Waals surface area contributed by atoms with E-state index in [4.69, 9.17) is 0 Å². The minimum absolute atomic E-state index is 0.0625. The molecule has 3 amide bonds. The Balaban J connectivity index is 2.40. The lowest BCUT2D eigenvalue weighted by Gasteiger charge is -2.21. The highest BCUT2D eigenvalue weighted by Gasteiger charge is 2.47. The molecule has 0 bridgehead atoms. The second-order valence-corrected chi connectivity index (χ2v) is 4.22. The van der Waals surface area contributed by atoms with Crippen molar-refractivity contribution in [3.05, 3.63) is 39.9 Å². The molecule has 7 heteroatoms. The fourth-order valence-corrected chi connectivity index (χ4v) is 1.89. The second kappa shape index (κ2) is 3.80. The number of non-ortho nitro benzene ring substituents is 1. The fraction of sp³-hybridized carbons (Fsp3) is 0.273. The molecule has 1 aromatic rings. The van der Waals surface area contributed by atoms with Crippen molar-refractivity contribution in [1.82, 2.24) is 10.2 Å². The van der Waals surface area contributed by atoms with Gasteiger partial charge in [0.15, 0.2) is 0 Å². The third-order valence-electron chi connectivity index (χ3n) is 3.05. The Morgan fingerprint density at radius 1 is 1.28 bits per heavy atom. The van der Waals surface area contributed by atoms with Gasteiger partial charge in [0.2, 0.25) is 0 Å². The second-order valence-electron chi connectivity index (χ2n) is 4.22. The predicted molar refractivity (Wildman–Crippen MR) is 61.8 cm³/mol. The summed E-state index contributed by atoms with van der Waals surface area (Å²) >= 11 is 0. The number of imide groups is 1. The maximum absolute atomic E-state index is 12.0. The summed E-state index contributed by atoms with van der Waals surface area (Å²) in [4.78, 5) is 34.4. The molecule has 1 aliphatic heterocycles. The van der Waals surface area contributed by atoms with Crippen molar-refractivity contribution in [1.29, 1.82) is 0 Å². The zero-order chi connectivity index (χ0) is 13.5. The highest BCUT2D eigenvalue weighted by atomic mass is 16.6. The van der Waals surface area contributed by atoms with Crippen LogP contribution in [0.1, 0.15) is 12.5 Å². The molecule has 1 fully saturated rings. The number of nitrogens with one attached hydrogen (secondary N) is 1. The average Bonchev–Trinajstić information content (AvgIpc) is 2.54. The first-order valence-electron chi connectivity index (χ1n) is 5.21. The maximum atomic E-state index is 12.0. The van der Waals surface area contributed by atoms with E-state index in [1.54, 1.807) is 6.92 Å². The van der Waals surface area contributed by atoms with Gasteiger partial charge in [-0.05, 0) is 24.6 Å². The van der Waals surface area contributed by atoms with Crippen molar-refractivity contribution in [2.24, 2.45) is 0 Å². The van der Waals surface area contributed by atoms with Crippen molar-refractivity contribution in [3.63, 3.8) is 0 Å². The van der Waals surface area contributed by atoms with E-state index < -0.39 is 16.5 Å². The summed E-state index contributed by atoms with van der Waals surface area (Å²) in [5.74, 6) is -0.388. The van der Waals surface area contributed by atoms with Gasteiger partial charge in [-0.3, -0.25) is 19.8 Å². The molecule has 94 valence electrons. The number of amides is 3. The Labute approximate surface area is 103 Å². The molecule has 1 heterocycles. The molecule has 0 aromatic heterocycles. The van der Waals surface area contributed by atoms with Crippen molar-refractivity contribution < 1.29 is 14.5 Å². The van der Waals surface area contributed by atoms with Crippen molar-refractivity contribution in [3.8, 4) is 0 Å². The minimum Gasteiger partial charge on any atom is -0.319 e. The zero-order valence-corrected chi connectivity index (χ0v) is 9.84. The van der Waals surface area contributed by atoms with Gasteiger partial charge in [-0.1, -0.05) is 0 Å². The van der Waals surface area contributed by atoms with Crippen LogP contribution in [0.2, 0.25) is 0 Å². The van der Waals surface area contributed by atoms with Crippen molar-refractivity contribution in [2.45, 2.75) is 12.5 Å². The molecular formula is C11H11N3O4. The van der Waals surface area contributed by atoms with E-state index in [1.165, 1.54) is 31.3 Å². The van der Waals surface area contributed by atoms with Crippen molar-refractivity contribution >= 4 is 17.6 Å². The fourth-order valence-electron chi connectivity index (χ4n) is 1.89. The van der Waals surface area contributed by atoms with E-state index in [1.807, 2.05) is 0 Å². The first-order chi connectivity index (χ1) is 8.36. The predicted octanol–water partition coefficient (Wildman–Crippen LogP) is 0.992. The van der Waals surface area contributed by atoms with E-state index in [0.717, 1.165) is 4.90 Å². The number of nitro benzene ring substituents is 1. The summed E-state index contributed by atoms with van der Waals surface area (Å²) in [5.41, 5.74) is -0.718. The summed E-state index contributed by atoms with van der Waals surface area (Å²) in [6.45, 7) is 1.57. The van der Waals surface area contributed by atoms with Crippen molar-refractivity contribution in [2.75, 3.05) is 7.05 Å². The van der Waals surface area contributed by atoms with Crippen LogP contribution >= 0.6 is 0 Å². The van der Waals surface area contributed by atoms with Gasteiger partial charge in [0, 0.05) is 19.2 Å². The molecule has 0 saturated carbocycles. The third kappa shape index (κ3) is 1.60. The largest absolute Gasteiger partial charge is 0.325 e. The zero-order valence-electron chi connectivity index (χ0n) is 9.84. The van der Waals surface area contributed by atoms with Crippen LogP contribution in [-0.2, 0) is 10.3 Å². The molecule has 0 radical (unpaired) electrons. The topological polar surface area (TPSA) is 92.6 Å². The third-order valence-corrected chi connectivity index (χ3v) is 3.05. The van der Waals surface area contributed by atoms with Crippen LogP contribution in [0.4, 0.5) is 10.5 Å². The molecule has 7 nitrogen and oxygen atoms in total. The molecule has 1 aromatic carbocycles. The Kier molecular flexibility index (Phi) is 2.54. The number of urea groups is 1. The van der Waals surface area contributed by atoms with Crippen LogP contribution in [0.3, 0.4) is 0 Å². The normalized spacial score (nSPS) is 23.1. The lowest BCUT2D eigenvalue weighted by Crippen LogP contribution is -2.40. The Morgan fingerprint density at radius 2 is 1.83 bits per heavy atom. The molecule has 1 N–H and O–H groups in total. The molecule has 2 rings (SSSR count). The molecule has 0 aliphatic carbocycles. The lowest BCUT2D eigenvalue weighted by atomic mass is 9.92. The van der Waals surface area contributed by atoms with Gasteiger partial charge in [0.25, 0.3) is 11.6 Å². The molecular weight excluding hydrogens is 238 g/mol. The van der Waals surface area contributed by atoms with Gasteiger partial charge in [-0.2, -0.15) is 0 Å². The van der Waals surface area contributed by atoms with Crippen LogP contribution in [0.5, 0.6) is 0 Å². The first kappa shape index (κ1) is 12.0. The van der Waals surface area contributed by atoms with E-state index >= 15 is 0 Å². The molecule has 1 aliphatic rings. The molecule has 18 heavy (non-hydrogen) atoms. The number of rotatable bonds is 2. The first-order valence-corrected chi connectivity index (χ1v) is 5.21. The Morgan fingerprint density at radius 3 is 2.22 bits per heavy atom. The van der Waals surface area contributed by atoms with Crippen LogP contribution in [0, 0.1) is 10.1 Å². The number of hydrogen-bond donors (Lipinski definition) is 1. The van der Waals surface area contributed by atoms with E-state index in [0.29, 0.717) is 5.56 Å². The van der Waals surface area contributed by atoms with Crippen LogP contribution in [0.15, 0.2) is 24.3 Å². The summed E-state index contributed by atoms with van der Waals surface area (Å²) in [6, 6.07) is 5.06. The number of likely N-dealkylation sites (N-methyl/N-ethyl adjacent to an activating group) is 1. The van der Waals surface area contributed by atoms with E-state index in [-0.39, 0.29) is 11.6 Å². The summed E-state index contributed by atoms with van der Waals surface area (Å²) in [5, 5.41) is 13.1. The standard InChI is InChI=1S/C11H11N3O4/c1-11(9(15)13(2)10(16)12-11)7-3-5-8(6-4-7)14(17)18/h3-6H,1-2H3,(H,12,16). The Bertz CT molecular complexity index is 540. The molecule has 0 spiro atoms. The average molecular weight is 249 g/mol. The van der Waals surface area contributed by atoms with Gasteiger partial charge in [0.1, 0.15) is 5.54 Å². The summed E-state index contributed by atoms with van der Waals surface area (Å²) in [7, 11) is 1.38. The van der Waals surface area contributed by atoms with Gasteiger partial charge in [0.05, 0.1) is 4.92 Å². The molecule has 1 atom stereocenters. The molecule has 1 saturated heterocycles. The lowest BCUT2D eigenvalue weighted by molar-refractivity contribution is -0.384. The highest BCUT2D eigenvalue weighted by molar-refractivity contribution is 6.06. The van der Waals surface area contributed by atoms with Gasteiger partial charge >= 0.3 is 6.03 Å². The van der Waals surface area contributed by atoms with E-state index in [2.05, 4.69) is 5.32 Å². The summed E-state index contributed by atoms with van der Waals surface area (Å²) < 4.78 is 0. The van der Waals surface area contributed by atoms with Crippen LogP contribution in [-0.4, -0.2) is 28.8 Å². The van der Waals surface area contributed by atoms with Gasteiger partial charge in [-0.25, -0.2) is 4.79 Å². The van der Waals surface area contributed by atoms with Crippen LogP contribution in [0.25, 0.3) is 0 Å². The Hall–Kier alpha value is -2.44. The SMILES string of the molecule is CN1C(=O)NC(C)(c2ccc([N+](=O)[O-])cc2)C1=O. The quantitative estimate of drug-likeness (QED) is 0.480. The smallest absolute Gasteiger partial charge is 0.319 e. The van der Waals surface area contributed by atoms with E-state index in [9.17, 15) is 19.7 Å².